The highest BCUT2D eigenvalue weighted by Crippen LogP contribution is 2.25. The fourth-order valence-electron chi connectivity index (χ4n) is 1.91. The summed E-state index contributed by atoms with van der Waals surface area (Å²) in [6.45, 7) is 5.53. The van der Waals surface area contributed by atoms with Gasteiger partial charge in [0.25, 0.3) is 0 Å². The quantitative estimate of drug-likeness (QED) is 0.496. The van der Waals surface area contributed by atoms with Crippen molar-refractivity contribution in [1.29, 1.82) is 0 Å². The predicted molar refractivity (Wildman–Crippen MR) is 66.9 cm³/mol. The third-order valence-electron chi connectivity index (χ3n) is 3.05. The van der Waals surface area contributed by atoms with E-state index >= 15 is 0 Å². The van der Waals surface area contributed by atoms with Crippen LogP contribution in [-0.4, -0.2) is 37.9 Å². The molecule has 1 aliphatic carbocycles. The van der Waals surface area contributed by atoms with E-state index in [4.69, 9.17) is 9.47 Å². The second-order valence-electron chi connectivity index (χ2n) is 4.96. The predicted octanol–water partition coefficient (Wildman–Crippen LogP) is 1.88. The highest BCUT2D eigenvalue weighted by atomic mass is 16.5. The molecule has 1 unspecified atom stereocenters. The molecule has 0 aromatic heterocycles. The van der Waals surface area contributed by atoms with Crippen molar-refractivity contribution < 1.29 is 14.3 Å². The Balaban J connectivity index is 2.31. The maximum atomic E-state index is 11.8. The first kappa shape index (κ1) is 14.5. The minimum absolute atomic E-state index is 0.167. The van der Waals surface area contributed by atoms with Crippen LogP contribution < -0.4 is 5.32 Å². The summed E-state index contributed by atoms with van der Waals surface area (Å²) < 4.78 is 10.3. The van der Waals surface area contributed by atoms with E-state index in [0.717, 1.165) is 25.9 Å². The highest BCUT2D eigenvalue weighted by Gasteiger charge is 2.38. The average molecular weight is 243 g/mol. The number of ether oxygens (including phenoxy) is 2. The smallest absolute Gasteiger partial charge is 0.325 e. The van der Waals surface area contributed by atoms with Gasteiger partial charge < -0.3 is 9.47 Å². The molecule has 0 aliphatic heterocycles. The van der Waals surface area contributed by atoms with Crippen LogP contribution >= 0.6 is 0 Å². The van der Waals surface area contributed by atoms with Crippen LogP contribution in [0.1, 0.15) is 46.0 Å². The van der Waals surface area contributed by atoms with Gasteiger partial charge in [-0.05, 0) is 39.0 Å². The molecule has 0 spiro atoms. The van der Waals surface area contributed by atoms with Gasteiger partial charge in [0, 0.05) is 19.3 Å². The molecular formula is C13H25NO3. The van der Waals surface area contributed by atoms with Gasteiger partial charge in [0.15, 0.2) is 0 Å². The summed E-state index contributed by atoms with van der Waals surface area (Å²) in [7, 11) is 1.45. The SMILES string of the molecule is CCCOCCCC(C)(NC1CC1)C(=O)OC. The van der Waals surface area contributed by atoms with Crippen molar-refractivity contribution in [2.45, 2.75) is 57.5 Å². The van der Waals surface area contributed by atoms with E-state index < -0.39 is 5.54 Å². The zero-order chi connectivity index (χ0) is 12.7. The van der Waals surface area contributed by atoms with Crippen LogP contribution in [0.2, 0.25) is 0 Å². The van der Waals surface area contributed by atoms with Crippen LogP contribution in [-0.2, 0) is 14.3 Å². The molecule has 0 bridgehead atoms. The number of hydrogen-bond acceptors (Lipinski definition) is 4. The zero-order valence-corrected chi connectivity index (χ0v) is 11.3. The topological polar surface area (TPSA) is 47.6 Å². The molecule has 1 N–H and O–H groups in total. The monoisotopic (exact) mass is 243 g/mol. The van der Waals surface area contributed by atoms with Crippen LogP contribution in [0.5, 0.6) is 0 Å². The van der Waals surface area contributed by atoms with Gasteiger partial charge in [-0.15, -0.1) is 0 Å². The van der Waals surface area contributed by atoms with Gasteiger partial charge in [-0.25, -0.2) is 0 Å². The van der Waals surface area contributed by atoms with Crippen molar-refractivity contribution in [1.82, 2.24) is 5.32 Å². The van der Waals surface area contributed by atoms with E-state index in [9.17, 15) is 4.79 Å². The lowest BCUT2D eigenvalue weighted by atomic mass is 9.96. The maximum Gasteiger partial charge on any atom is 0.325 e. The summed E-state index contributed by atoms with van der Waals surface area (Å²) in [5.74, 6) is -0.167. The normalized spacial score (nSPS) is 18.8. The largest absolute Gasteiger partial charge is 0.468 e. The molecular weight excluding hydrogens is 218 g/mol. The molecule has 1 saturated carbocycles. The van der Waals surface area contributed by atoms with E-state index in [-0.39, 0.29) is 5.97 Å². The molecule has 17 heavy (non-hydrogen) atoms. The molecule has 1 atom stereocenters. The maximum absolute atomic E-state index is 11.8. The molecule has 4 heteroatoms. The molecule has 4 nitrogen and oxygen atoms in total. The molecule has 0 heterocycles. The molecule has 1 rings (SSSR count). The molecule has 0 aromatic carbocycles. The van der Waals surface area contributed by atoms with Crippen molar-refractivity contribution in [2.75, 3.05) is 20.3 Å². The van der Waals surface area contributed by atoms with Gasteiger partial charge in [-0.1, -0.05) is 6.92 Å². The lowest BCUT2D eigenvalue weighted by Gasteiger charge is -2.28. The van der Waals surface area contributed by atoms with Crippen molar-refractivity contribution in [3.05, 3.63) is 0 Å². The van der Waals surface area contributed by atoms with E-state index in [2.05, 4.69) is 12.2 Å². The fourth-order valence-corrected chi connectivity index (χ4v) is 1.91. The molecule has 0 radical (unpaired) electrons. The second-order valence-corrected chi connectivity index (χ2v) is 4.96. The lowest BCUT2D eigenvalue weighted by molar-refractivity contribution is -0.148. The Hall–Kier alpha value is -0.610. The first-order chi connectivity index (χ1) is 8.12. The first-order valence-electron chi connectivity index (χ1n) is 6.56. The van der Waals surface area contributed by atoms with Gasteiger partial charge in [-0.3, -0.25) is 10.1 Å². The number of esters is 1. The highest BCUT2D eigenvalue weighted by molar-refractivity contribution is 5.80. The Labute approximate surface area is 104 Å². The minimum atomic E-state index is -0.550. The number of nitrogens with one attached hydrogen (secondary N) is 1. The van der Waals surface area contributed by atoms with Gasteiger partial charge in [0.1, 0.15) is 5.54 Å². The van der Waals surface area contributed by atoms with Crippen molar-refractivity contribution in [3.8, 4) is 0 Å². The average Bonchev–Trinajstić information content (AvgIpc) is 3.11. The summed E-state index contributed by atoms with van der Waals surface area (Å²) >= 11 is 0. The van der Waals surface area contributed by atoms with Crippen LogP contribution in [0.25, 0.3) is 0 Å². The van der Waals surface area contributed by atoms with E-state index in [0.29, 0.717) is 12.6 Å². The van der Waals surface area contributed by atoms with Crippen molar-refractivity contribution >= 4 is 5.97 Å². The summed E-state index contributed by atoms with van der Waals surface area (Å²) in [6, 6.07) is 0.496. The Morgan fingerprint density at radius 2 is 2.12 bits per heavy atom. The molecule has 1 fully saturated rings. The number of hydrogen-bond donors (Lipinski definition) is 1. The van der Waals surface area contributed by atoms with E-state index in [1.54, 1.807) is 0 Å². The van der Waals surface area contributed by atoms with Gasteiger partial charge in [-0.2, -0.15) is 0 Å². The van der Waals surface area contributed by atoms with Crippen LogP contribution in [0.3, 0.4) is 0 Å². The lowest BCUT2D eigenvalue weighted by Crippen LogP contribution is -2.51. The first-order valence-corrected chi connectivity index (χ1v) is 6.56. The Morgan fingerprint density at radius 1 is 1.41 bits per heavy atom. The standard InChI is InChI=1S/C13H25NO3/c1-4-9-17-10-5-8-13(2,12(15)16-3)14-11-6-7-11/h11,14H,4-10H2,1-3H3. The number of methoxy groups -OCH3 is 1. The molecule has 0 aromatic rings. The van der Waals surface area contributed by atoms with Crippen LogP contribution in [0.4, 0.5) is 0 Å². The Bertz CT molecular complexity index is 241. The number of carbonyl (C=O) groups is 1. The molecule has 0 saturated heterocycles. The van der Waals surface area contributed by atoms with Gasteiger partial charge in [0.05, 0.1) is 7.11 Å². The number of rotatable bonds is 9. The summed E-state index contributed by atoms with van der Waals surface area (Å²) in [5.41, 5.74) is -0.550. The van der Waals surface area contributed by atoms with Gasteiger partial charge >= 0.3 is 5.97 Å². The van der Waals surface area contributed by atoms with Crippen LogP contribution in [0, 0.1) is 0 Å². The van der Waals surface area contributed by atoms with Crippen LogP contribution in [0.15, 0.2) is 0 Å². The van der Waals surface area contributed by atoms with E-state index in [1.165, 1.54) is 20.0 Å². The summed E-state index contributed by atoms with van der Waals surface area (Å²) in [5, 5.41) is 3.38. The Morgan fingerprint density at radius 3 is 2.65 bits per heavy atom. The molecule has 1 aliphatic rings. The second kappa shape index (κ2) is 6.97. The fraction of sp³-hybridized carbons (Fsp3) is 0.923. The third kappa shape index (κ3) is 5.04. The summed E-state index contributed by atoms with van der Waals surface area (Å²) in [6.07, 6.45) is 5.01. The van der Waals surface area contributed by atoms with Gasteiger partial charge in [0.2, 0.25) is 0 Å². The summed E-state index contributed by atoms with van der Waals surface area (Å²) in [4.78, 5) is 11.8. The Kier molecular flexibility index (Phi) is 5.92. The zero-order valence-electron chi connectivity index (χ0n) is 11.3. The minimum Gasteiger partial charge on any atom is -0.468 e. The van der Waals surface area contributed by atoms with Crippen molar-refractivity contribution in [3.63, 3.8) is 0 Å². The number of carbonyl (C=O) groups excluding carboxylic acids is 1. The van der Waals surface area contributed by atoms with Crippen molar-refractivity contribution in [2.24, 2.45) is 0 Å². The molecule has 100 valence electrons. The van der Waals surface area contributed by atoms with E-state index in [1.807, 2.05) is 6.92 Å². The molecule has 0 amide bonds. The third-order valence-corrected chi connectivity index (χ3v) is 3.05.